The van der Waals surface area contributed by atoms with Crippen LogP contribution in [0.3, 0.4) is 0 Å². The standard InChI is InChI=1S/C16H23N3OS/c1-3-10-17-16(20)12-8-9-15(18-11-12)19-13-6-5-7-14(13)21-4-2/h3,8-9,11,13-14H,1,4-7,10H2,2H3,(H,17,20)(H,18,19). The van der Waals surface area contributed by atoms with Gasteiger partial charge in [0.15, 0.2) is 0 Å². The van der Waals surface area contributed by atoms with Gasteiger partial charge in [-0.3, -0.25) is 4.79 Å². The van der Waals surface area contributed by atoms with E-state index in [1.807, 2.05) is 23.9 Å². The summed E-state index contributed by atoms with van der Waals surface area (Å²) in [7, 11) is 0. The molecule has 2 rings (SSSR count). The van der Waals surface area contributed by atoms with E-state index in [1.54, 1.807) is 12.3 Å². The maximum absolute atomic E-state index is 11.8. The summed E-state index contributed by atoms with van der Waals surface area (Å²) >= 11 is 2.02. The molecule has 0 saturated heterocycles. The predicted octanol–water partition coefficient (Wildman–Crippen LogP) is 3.08. The zero-order chi connectivity index (χ0) is 15.1. The molecule has 1 aromatic rings. The highest BCUT2D eigenvalue weighted by Gasteiger charge is 2.27. The maximum Gasteiger partial charge on any atom is 0.253 e. The van der Waals surface area contributed by atoms with E-state index in [0.717, 1.165) is 11.6 Å². The number of rotatable bonds is 7. The number of amides is 1. The summed E-state index contributed by atoms with van der Waals surface area (Å²) in [5, 5.41) is 6.92. The van der Waals surface area contributed by atoms with Gasteiger partial charge in [0.05, 0.1) is 5.56 Å². The highest BCUT2D eigenvalue weighted by atomic mass is 32.2. The molecular weight excluding hydrogens is 282 g/mol. The van der Waals surface area contributed by atoms with Crippen LogP contribution in [-0.2, 0) is 0 Å². The second-order valence-electron chi connectivity index (χ2n) is 5.11. The quantitative estimate of drug-likeness (QED) is 0.760. The zero-order valence-electron chi connectivity index (χ0n) is 12.5. The summed E-state index contributed by atoms with van der Waals surface area (Å²) in [6, 6.07) is 4.18. The highest BCUT2D eigenvalue weighted by Crippen LogP contribution is 2.31. The number of carbonyl (C=O) groups is 1. The van der Waals surface area contributed by atoms with Crippen molar-refractivity contribution in [2.24, 2.45) is 0 Å². The fraction of sp³-hybridized carbons (Fsp3) is 0.500. The zero-order valence-corrected chi connectivity index (χ0v) is 13.3. The van der Waals surface area contributed by atoms with Crippen LogP contribution in [0.1, 0.15) is 36.5 Å². The van der Waals surface area contributed by atoms with Crippen LogP contribution in [-0.4, -0.2) is 34.5 Å². The molecule has 1 aliphatic rings. The lowest BCUT2D eigenvalue weighted by molar-refractivity contribution is 0.0957. The van der Waals surface area contributed by atoms with Gasteiger partial charge in [0.2, 0.25) is 0 Å². The molecule has 2 atom stereocenters. The van der Waals surface area contributed by atoms with Crippen LogP contribution in [0.25, 0.3) is 0 Å². The number of nitrogens with zero attached hydrogens (tertiary/aromatic N) is 1. The Bertz CT molecular complexity index is 475. The van der Waals surface area contributed by atoms with Crippen LogP contribution < -0.4 is 10.6 Å². The van der Waals surface area contributed by atoms with E-state index >= 15 is 0 Å². The van der Waals surface area contributed by atoms with E-state index in [0.29, 0.717) is 23.4 Å². The van der Waals surface area contributed by atoms with E-state index in [9.17, 15) is 4.79 Å². The lowest BCUT2D eigenvalue weighted by Gasteiger charge is -2.20. The minimum Gasteiger partial charge on any atom is -0.366 e. The summed E-state index contributed by atoms with van der Waals surface area (Å²) in [5.41, 5.74) is 0.577. The van der Waals surface area contributed by atoms with Crippen molar-refractivity contribution in [3.8, 4) is 0 Å². The van der Waals surface area contributed by atoms with Crippen molar-refractivity contribution >= 4 is 23.5 Å². The lowest BCUT2D eigenvalue weighted by Crippen LogP contribution is -2.27. The Kier molecular flexibility index (Phi) is 6.11. The Morgan fingerprint density at radius 1 is 1.52 bits per heavy atom. The number of thioether (sulfide) groups is 1. The van der Waals surface area contributed by atoms with E-state index in [1.165, 1.54) is 19.3 Å². The van der Waals surface area contributed by atoms with Gasteiger partial charge >= 0.3 is 0 Å². The summed E-state index contributed by atoms with van der Waals surface area (Å²) in [5.74, 6) is 1.89. The van der Waals surface area contributed by atoms with E-state index in [-0.39, 0.29) is 5.91 Å². The molecule has 0 aliphatic heterocycles. The monoisotopic (exact) mass is 305 g/mol. The van der Waals surface area contributed by atoms with Crippen LogP contribution in [0.2, 0.25) is 0 Å². The second-order valence-corrected chi connectivity index (χ2v) is 6.62. The molecule has 1 aromatic heterocycles. The number of hydrogen-bond donors (Lipinski definition) is 2. The fourth-order valence-electron chi connectivity index (χ4n) is 2.58. The Morgan fingerprint density at radius 3 is 3.05 bits per heavy atom. The van der Waals surface area contributed by atoms with E-state index in [2.05, 4.69) is 29.1 Å². The molecule has 1 aliphatic carbocycles. The molecule has 1 saturated carbocycles. The minimum atomic E-state index is -0.116. The molecule has 114 valence electrons. The van der Waals surface area contributed by atoms with Crippen molar-refractivity contribution in [1.82, 2.24) is 10.3 Å². The van der Waals surface area contributed by atoms with Crippen LogP contribution >= 0.6 is 11.8 Å². The molecule has 1 heterocycles. The molecule has 0 radical (unpaired) electrons. The summed E-state index contributed by atoms with van der Waals surface area (Å²) < 4.78 is 0. The number of nitrogens with one attached hydrogen (secondary N) is 2. The average molecular weight is 305 g/mol. The molecule has 1 fully saturated rings. The SMILES string of the molecule is C=CCNC(=O)c1ccc(NC2CCCC2SCC)nc1. The number of aromatic nitrogens is 1. The van der Waals surface area contributed by atoms with Gasteiger partial charge < -0.3 is 10.6 Å². The molecular formula is C16H23N3OS. The first-order valence-electron chi connectivity index (χ1n) is 7.48. The largest absolute Gasteiger partial charge is 0.366 e. The maximum atomic E-state index is 11.8. The topological polar surface area (TPSA) is 54.0 Å². The second kappa shape index (κ2) is 8.08. The van der Waals surface area contributed by atoms with Crippen molar-refractivity contribution in [3.05, 3.63) is 36.5 Å². The van der Waals surface area contributed by atoms with Crippen LogP contribution in [0.15, 0.2) is 31.0 Å². The number of hydrogen-bond acceptors (Lipinski definition) is 4. The molecule has 5 heteroatoms. The fourth-order valence-corrected chi connectivity index (χ4v) is 3.77. The Morgan fingerprint density at radius 2 is 2.38 bits per heavy atom. The molecule has 0 aromatic carbocycles. The van der Waals surface area contributed by atoms with Gasteiger partial charge in [-0.2, -0.15) is 11.8 Å². The first kappa shape index (κ1) is 15.9. The van der Waals surface area contributed by atoms with Crippen molar-refractivity contribution < 1.29 is 4.79 Å². The number of anilines is 1. The minimum absolute atomic E-state index is 0.116. The van der Waals surface area contributed by atoms with Gasteiger partial charge in [-0.15, -0.1) is 6.58 Å². The van der Waals surface area contributed by atoms with Gasteiger partial charge in [-0.05, 0) is 30.7 Å². The van der Waals surface area contributed by atoms with Crippen molar-refractivity contribution in [2.45, 2.75) is 37.5 Å². The first-order valence-corrected chi connectivity index (χ1v) is 8.52. The Labute approximate surface area is 130 Å². The molecule has 2 N–H and O–H groups in total. The smallest absolute Gasteiger partial charge is 0.253 e. The van der Waals surface area contributed by atoms with Gasteiger partial charge in [-0.1, -0.05) is 19.4 Å². The van der Waals surface area contributed by atoms with E-state index < -0.39 is 0 Å². The Hall–Kier alpha value is -1.49. The van der Waals surface area contributed by atoms with Gasteiger partial charge in [0.25, 0.3) is 5.91 Å². The number of carbonyl (C=O) groups excluding carboxylic acids is 1. The molecule has 0 bridgehead atoms. The third-order valence-electron chi connectivity index (χ3n) is 3.60. The van der Waals surface area contributed by atoms with Crippen molar-refractivity contribution in [3.63, 3.8) is 0 Å². The normalized spacial score (nSPS) is 21.0. The van der Waals surface area contributed by atoms with Crippen LogP contribution in [0, 0.1) is 0 Å². The summed E-state index contributed by atoms with van der Waals surface area (Å²) in [6.07, 6.45) is 7.03. The third-order valence-corrected chi connectivity index (χ3v) is 4.92. The predicted molar refractivity (Wildman–Crippen MR) is 89.9 cm³/mol. The number of pyridine rings is 1. The molecule has 4 nitrogen and oxygen atoms in total. The van der Waals surface area contributed by atoms with Gasteiger partial charge in [-0.25, -0.2) is 4.98 Å². The Balaban J connectivity index is 1.93. The van der Waals surface area contributed by atoms with E-state index in [4.69, 9.17) is 0 Å². The summed E-state index contributed by atoms with van der Waals surface area (Å²) in [6.45, 7) is 6.25. The van der Waals surface area contributed by atoms with Crippen LogP contribution in [0.5, 0.6) is 0 Å². The van der Waals surface area contributed by atoms with Gasteiger partial charge in [0, 0.05) is 24.0 Å². The molecule has 2 unspecified atom stereocenters. The molecule has 21 heavy (non-hydrogen) atoms. The van der Waals surface area contributed by atoms with Gasteiger partial charge in [0.1, 0.15) is 5.82 Å². The molecule has 1 amide bonds. The van der Waals surface area contributed by atoms with Crippen molar-refractivity contribution in [1.29, 1.82) is 0 Å². The first-order chi connectivity index (χ1) is 10.2. The highest BCUT2D eigenvalue weighted by molar-refractivity contribution is 7.99. The molecule has 0 spiro atoms. The lowest BCUT2D eigenvalue weighted by atomic mass is 10.2. The average Bonchev–Trinajstić information content (AvgIpc) is 2.93. The summed E-state index contributed by atoms with van der Waals surface area (Å²) in [4.78, 5) is 16.1. The third kappa shape index (κ3) is 4.49. The van der Waals surface area contributed by atoms with Crippen molar-refractivity contribution in [2.75, 3.05) is 17.6 Å². The van der Waals surface area contributed by atoms with Crippen LogP contribution in [0.4, 0.5) is 5.82 Å².